The van der Waals surface area contributed by atoms with E-state index in [1.54, 1.807) is 18.2 Å². The molecule has 0 amide bonds. The van der Waals surface area contributed by atoms with E-state index < -0.39 is 0 Å². The first-order valence-electron chi connectivity index (χ1n) is 7.15. The number of rotatable bonds is 6. The van der Waals surface area contributed by atoms with Gasteiger partial charge in [-0.1, -0.05) is 25.1 Å². The van der Waals surface area contributed by atoms with Crippen LogP contribution in [0.1, 0.15) is 31.9 Å². The average molecular weight is 288 g/mol. The Bertz CT molecular complexity index is 601. The minimum absolute atomic E-state index is 0.145. The Morgan fingerprint density at radius 2 is 2.00 bits per heavy atom. The normalized spacial score (nSPS) is 12.0. The Morgan fingerprint density at radius 3 is 2.71 bits per heavy atom. The van der Waals surface area contributed by atoms with Crippen LogP contribution in [0.25, 0.3) is 0 Å². The highest BCUT2D eigenvalue weighted by atomic mass is 19.1. The van der Waals surface area contributed by atoms with Gasteiger partial charge in [0, 0.05) is 17.3 Å². The molecule has 2 aromatic rings. The summed E-state index contributed by atoms with van der Waals surface area (Å²) in [5.74, 6) is 0.443. The summed E-state index contributed by atoms with van der Waals surface area (Å²) in [7, 11) is 0. The summed E-state index contributed by atoms with van der Waals surface area (Å²) >= 11 is 0. The van der Waals surface area contributed by atoms with Gasteiger partial charge in [-0.2, -0.15) is 0 Å². The van der Waals surface area contributed by atoms with E-state index in [9.17, 15) is 4.39 Å². The van der Waals surface area contributed by atoms with Crippen molar-refractivity contribution in [3.05, 3.63) is 53.8 Å². The molecule has 0 fully saturated rings. The molecule has 0 aliphatic rings. The average Bonchev–Trinajstić information content (AvgIpc) is 2.48. The molecular formula is C17H21FN2O. The SMILES string of the molecule is CCCOc1cc(NC(C)c2ccccc2F)ccc1N. The van der Waals surface area contributed by atoms with Crippen molar-refractivity contribution in [3.8, 4) is 5.75 Å². The highest BCUT2D eigenvalue weighted by Gasteiger charge is 2.11. The third-order valence-electron chi connectivity index (χ3n) is 3.23. The van der Waals surface area contributed by atoms with Gasteiger partial charge in [-0.05, 0) is 31.5 Å². The van der Waals surface area contributed by atoms with E-state index in [4.69, 9.17) is 10.5 Å². The molecule has 21 heavy (non-hydrogen) atoms. The van der Waals surface area contributed by atoms with Gasteiger partial charge >= 0.3 is 0 Å². The maximum Gasteiger partial charge on any atom is 0.144 e. The lowest BCUT2D eigenvalue weighted by atomic mass is 10.1. The highest BCUT2D eigenvalue weighted by Crippen LogP contribution is 2.28. The largest absolute Gasteiger partial charge is 0.491 e. The van der Waals surface area contributed by atoms with Crippen LogP contribution < -0.4 is 15.8 Å². The van der Waals surface area contributed by atoms with Crippen LogP contribution in [0.5, 0.6) is 5.75 Å². The third kappa shape index (κ3) is 3.88. The van der Waals surface area contributed by atoms with Gasteiger partial charge in [0.1, 0.15) is 11.6 Å². The van der Waals surface area contributed by atoms with Crippen molar-refractivity contribution in [1.29, 1.82) is 0 Å². The minimum Gasteiger partial charge on any atom is -0.491 e. The maximum atomic E-state index is 13.8. The van der Waals surface area contributed by atoms with Crippen LogP contribution in [0, 0.1) is 5.82 Å². The molecule has 112 valence electrons. The first-order valence-corrected chi connectivity index (χ1v) is 7.15. The van der Waals surface area contributed by atoms with Crippen molar-refractivity contribution in [2.24, 2.45) is 0 Å². The van der Waals surface area contributed by atoms with Crippen LogP contribution >= 0.6 is 0 Å². The zero-order valence-corrected chi connectivity index (χ0v) is 12.4. The molecule has 3 N–H and O–H groups in total. The molecule has 1 unspecified atom stereocenters. The zero-order valence-electron chi connectivity index (χ0n) is 12.4. The number of hydrogen-bond donors (Lipinski definition) is 2. The summed E-state index contributed by atoms with van der Waals surface area (Å²) in [5, 5.41) is 3.27. The van der Waals surface area contributed by atoms with Crippen LogP contribution in [-0.4, -0.2) is 6.61 Å². The summed E-state index contributed by atoms with van der Waals surface area (Å²) < 4.78 is 19.4. The topological polar surface area (TPSA) is 47.3 Å². The van der Waals surface area contributed by atoms with Crippen LogP contribution in [0.2, 0.25) is 0 Å². The van der Waals surface area contributed by atoms with Gasteiger partial charge in [0.2, 0.25) is 0 Å². The number of benzene rings is 2. The van der Waals surface area contributed by atoms with E-state index in [1.165, 1.54) is 6.07 Å². The van der Waals surface area contributed by atoms with Gasteiger partial charge in [-0.25, -0.2) is 4.39 Å². The molecule has 1 atom stereocenters. The number of nitrogens with one attached hydrogen (secondary N) is 1. The molecule has 0 radical (unpaired) electrons. The van der Waals surface area contributed by atoms with Gasteiger partial charge in [0.05, 0.1) is 18.3 Å². The lowest BCUT2D eigenvalue weighted by Gasteiger charge is -2.18. The lowest BCUT2D eigenvalue weighted by Crippen LogP contribution is -2.09. The van der Waals surface area contributed by atoms with Crippen molar-refractivity contribution in [2.75, 3.05) is 17.7 Å². The summed E-state index contributed by atoms with van der Waals surface area (Å²) in [6, 6.07) is 12.1. The summed E-state index contributed by atoms with van der Waals surface area (Å²) in [6.07, 6.45) is 0.919. The fourth-order valence-corrected chi connectivity index (χ4v) is 2.12. The summed E-state index contributed by atoms with van der Waals surface area (Å²) in [5.41, 5.74) is 7.97. The number of nitrogen functional groups attached to an aromatic ring is 1. The van der Waals surface area contributed by atoms with E-state index in [0.29, 0.717) is 23.6 Å². The molecule has 0 aliphatic heterocycles. The molecule has 2 aromatic carbocycles. The van der Waals surface area contributed by atoms with Crippen molar-refractivity contribution in [2.45, 2.75) is 26.3 Å². The van der Waals surface area contributed by atoms with Gasteiger partial charge in [0.15, 0.2) is 0 Å². The molecule has 3 nitrogen and oxygen atoms in total. The van der Waals surface area contributed by atoms with Crippen LogP contribution in [0.4, 0.5) is 15.8 Å². The summed E-state index contributed by atoms with van der Waals surface area (Å²) in [6.45, 7) is 4.58. The van der Waals surface area contributed by atoms with Crippen molar-refractivity contribution in [1.82, 2.24) is 0 Å². The predicted molar refractivity (Wildman–Crippen MR) is 85.1 cm³/mol. The lowest BCUT2D eigenvalue weighted by molar-refractivity contribution is 0.319. The van der Waals surface area contributed by atoms with Crippen molar-refractivity contribution in [3.63, 3.8) is 0 Å². The Morgan fingerprint density at radius 1 is 1.24 bits per heavy atom. The molecular weight excluding hydrogens is 267 g/mol. The number of anilines is 2. The summed E-state index contributed by atoms with van der Waals surface area (Å²) in [4.78, 5) is 0. The number of nitrogens with two attached hydrogens (primary N) is 1. The third-order valence-corrected chi connectivity index (χ3v) is 3.23. The van der Waals surface area contributed by atoms with Gasteiger partial charge in [-0.3, -0.25) is 0 Å². The number of ether oxygens (including phenoxy) is 1. The van der Waals surface area contributed by atoms with Crippen molar-refractivity contribution < 1.29 is 9.13 Å². The molecule has 4 heteroatoms. The fourth-order valence-electron chi connectivity index (χ4n) is 2.12. The fraction of sp³-hybridized carbons (Fsp3) is 0.294. The van der Waals surface area contributed by atoms with Crippen LogP contribution in [0.15, 0.2) is 42.5 Å². The van der Waals surface area contributed by atoms with E-state index >= 15 is 0 Å². The minimum atomic E-state index is -0.213. The first-order chi connectivity index (χ1) is 10.1. The van der Waals surface area contributed by atoms with Crippen LogP contribution in [-0.2, 0) is 0 Å². The monoisotopic (exact) mass is 288 g/mol. The molecule has 0 saturated heterocycles. The second kappa shape index (κ2) is 6.97. The van der Waals surface area contributed by atoms with Gasteiger partial charge in [0.25, 0.3) is 0 Å². The smallest absolute Gasteiger partial charge is 0.144 e. The Kier molecular flexibility index (Phi) is 5.04. The molecule has 0 heterocycles. The molecule has 0 aliphatic carbocycles. The molecule has 0 spiro atoms. The second-order valence-electron chi connectivity index (χ2n) is 4.99. The Labute approximate surface area is 124 Å². The number of hydrogen-bond acceptors (Lipinski definition) is 3. The molecule has 0 bridgehead atoms. The van der Waals surface area contributed by atoms with Gasteiger partial charge in [-0.15, -0.1) is 0 Å². The highest BCUT2D eigenvalue weighted by molar-refractivity contribution is 5.61. The standard InChI is InChI=1S/C17H21FN2O/c1-3-10-21-17-11-13(8-9-16(17)19)20-12(2)14-6-4-5-7-15(14)18/h4-9,11-12,20H,3,10,19H2,1-2H3. The van der Waals surface area contributed by atoms with E-state index in [-0.39, 0.29) is 11.9 Å². The number of halogens is 1. The second-order valence-corrected chi connectivity index (χ2v) is 4.99. The Hall–Kier alpha value is -2.23. The molecule has 0 aromatic heterocycles. The molecule has 2 rings (SSSR count). The first kappa shape index (κ1) is 15.2. The quantitative estimate of drug-likeness (QED) is 0.776. The van der Waals surface area contributed by atoms with E-state index in [1.807, 2.05) is 32.0 Å². The van der Waals surface area contributed by atoms with Crippen molar-refractivity contribution >= 4 is 11.4 Å². The maximum absolute atomic E-state index is 13.8. The molecule has 0 saturated carbocycles. The van der Waals surface area contributed by atoms with Gasteiger partial charge < -0.3 is 15.8 Å². The van der Waals surface area contributed by atoms with E-state index in [0.717, 1.165) is 12.1 Å². The predicted octanol–water partition coefficient (Wildman–Crippen LogP) is 4.37. The van der Waals surface area contributed by atoms with E-state index in [2.05, 4.69) is 5.32 Å². The van der Waals surface area contributed by atoms with Crippen LogP contribution in [0.3, 0.4) is 0 Å². The Balaban J connectivity index is 2.14. The zero-order chi connectivity index (χ0) is 15.2.